The Bertz CT molecular complexity index is 1030. The van der Waals surface area contributed by atoms with Gasteiger partial charge in [-0.15, -0.1) is 0 Å². The van der Waals surface area contributed by atoms with Crippen molar-refractivity contribution in [3.8, 4) is 5.75 Å². The number of nitrogens with zero attached hydrogens (tertiary/aromatic N) is 3. The molecule has 1 aliphatic carbocycles. The summed E-state index contributed by atoms with van der Waals surface area (Å²) >= 11 is 5.82. The predicted molar refractivity (Wildman–Crippen MR) is 111 cm³/mol. The van der Waals surface area contributed by atoms with E-state index in [1.807, 2.05) is 44.2 Å². The number of amides is 1. The van der Waals surface area contributed by atoms with Crippen LogP contribution in [0, 0.1) is 19.8 Å². The number of ether oxygens (including phenoxy) is 1. The monoisotopic (exact) mass is 408 g/mol. The van der Waals surface area contributed by atoms with Gasteiger partial charge in [-0.25, -0.2) is 15.0 Å². The van der Waals surface area contributed by atoms with Gasteiger partial charge in [0.2, 0.25) is 5.91 Å². The highest BCUT2D eigenvalue weighted by atomic mass is 35.5. The number of benzene rings is 1. The van der Waals surface area contributed by atoms with Crippen molar-refractivity contribution in [3.63, 3.8) is 0 Å². The number of rotatable bonds is 6. The van der Waals surface area contributed by atoms with E-state index in [1.54, 1.807) is 24.5 Å². The highest BCUT2D eigenvalue weighted by molar-refractivity contribution is 6.29. The number of anilines is 1. The molecule has 148 valence electrons. The van der Waals surface area contributed by atoms with E-state index in [4.69, 9.17) is 16.3 Å². The fourth-order valence-electron chi connectivity index (χ4n) is 3.58. The number of halogens is 1. The Labute approximate surface area is 174 Å². The van der Waals surface area contributed by atoms with Gasteiger partial charge >= 0.3 is 0 Å². The Morgan fingerprint density at radius 3 is 2.66 bits per heavy atom. The van der Waals surface area contributed by atoms with Crippen molar-refractivity contribution in [2.24, 2.45) is 5.92 Å². The second kappa shape index (κ2) is 7.79. The number of hydrogen-bond acceptors (Lipinski definition) is 5. The van der Waals surface area contributed by atoms with Crippen LogP contribution in [0.25, 0.3) is 0 Å². The third-order valence-electron chi connectivity index (χ3n) is 5.28. The van der Waals surface area contributed by atoms with E-state index in [0.717, 1.165) is 11.3 Å². The predicted octanol–water partition coefficient (Wildman–Crippen LogP) is 4.12. The minimum absolute atomic E-state index is 0.0570. The lowest BCUT2D eigenvalue weighted by Crippen LogP contribution is -2.26. The molecular formula is C22H21ClN4O2. The average Bonchev–Trinajstić information content (AvgIpc) is 3.46. The summed E-state index contributed by atoms with van der Waals surface area (Å²) < 4.78 is 6.09. The Morgan fingerprint density at radius 2 is 1.97 bits per heavy atom. The van der Waals surface area contributed by atoms with E-state index in [0.29, 0.717) is 35.4 Å². The summed E-state index contributed by atoms with van der Waals surface area (Å²) in [5.41, 5.74) is 2.11. The van der Waals surface area contributed by atoms with E-state index in [2.05, 4.69) is 20.3 Å². The molecule has 29 heavy (non-hydrogen) atoms. The van der Waals surface area contributed by atoms with E-state index in [1.165, 1.54) is 0 Å². The first-order valence-electron chi connectivity index (χ1n) is 9.39. The minimum Gasteiger partial charge on any atom is -0.489 e. The summed E-state index contributed by atoms with van der Waals surface area (Å²) in [5, 5.41) is 3.32. The molecule has 2 aromatic heterocycles. The number of carbonyl (C=O) groups excluding carboxylic acids is 1. The van der Waals surface area contributed by atoms with Gasteiger partial charge in [-0.2, -0.15) is 0 Å². The number of nitrogens with one attached hydrogen (secondary N) is 1. The largest absolute Gasteiger partial charge is 0.489 e. The molecule has 0 radical (unpaired) electrons. The van der Waals surface area contributed by atoms with Gasteiger partial charge in [0.25, 0.3) is 0 Å². The van der Waals surface area contributed by atoms with Crippen LogP contribution in [0.5, 0.6) is 5.75 Å². The molecule has 1 N–H and O–H groups in total. The molecule has 0 aliphatic heterocycles. The third-order valence-corrected chi connectivity index (χ3v) is 5.50. The van der Waals surface area contributed by atoms with Gasteiger partial charge < -0.3 is 10.1 Å². The maximum absolute atomic E-state index is 12.9. The van der Waals surface area contributed by atoms with Crippen molar-refractivity contribution in [2.75, 3.05) is 11.9 Å². The van der Waals surface area contributed by atoms with Crippen LogP contribution in [-0.2, 0) is 10.2 Å². The molecule has 2 atom stereocenters. The fraction of sp³-hybridized carbons (Fsp3) is 0.273. The van der Waals surface area contributed by atoms with Crippen molar-refractivity contribution in [2.45, 2.75) is 25.7 Å². The number of hydrogen-bond donors (Lipinski definition) is 1. The average molecular weight is 409 g/mol. The zero-order chi connectivity index (χ0) is 20.4. The molecule has 1 fully saturated rings. The van der Waals surface area contributed by atoms with E-state index < -0.39 is 0 Å². The van der Waals surface area contributed by atoms with E-state index in [-0.39, 0.29) is 17.2 Å². The smallest absolute Gasteiger partial charge is 0.228 e. The van der Waals surface area contributed by atoms with Crippen LogP contribution in [0.3, 0.4) is 0 Å². The Hall–Kier alpha value is -2.99. The highest BCUT2D eigenvalue weighted by Crippen LogP contribution is 2.55. The lowest BCUT2D eigenvalue weighted by atomic mass is 9.93. The number of aromatic nitrogens is 3. The molecule has 1 aromatic carbocycles. The van der Waals surface area contributed by atoms with Crippen LogP contribution in [0.15, 0.2) is 54.9 Å². The first kappa shape index (κ1) is 19.3. The number of pyridine rings is 1. The molecular weight excluding hydrogens is 388 g/mol. The molecule has 4 rings (SSSR count). The molecule has 1 amide bonds. The first-order valence-corrected chi connectivity index (χ1v) is 9.77. The normalized spacial score (nSPS) is 20.2. The van der Waals surface area contributed by atoms with Crippen molar-refractivity contribution in [1.82, 2.24) is 15.0 Å². The quantitative estimate of drug-likeness (QED) is 0.621. The van der Waals surface area contributed by atoms with Crippen molar-refractivity contribution in [1.29, 1.82) is 0 Å². The van der Waals surface area contributed by atoms with Crippen LogP contribution >= 0.6 is 11.6 Å². The van der Waals surface area contributed by atoms with Gasteiger partial charge in [0.05, 0.1) is 36.3 Å². The van der Waals surface area contributed by atoms with Crippen LogP contribution in [0.1, 0.15) is 23.5 Å². The molecule has 0 saturated heterocycles. The standard InChI is InChI=1S/C22H21ClN4O2/c1-14-19(12-24-15(2)26-14)29-13-22(16-6-4-3-5-7-16)10-18(22)21(28)27-17-8-9-20(23)25-11-17/h3-9,11-12,18H,10,13H2,1-2H3,(H,27,28)/t18-,22+/m0/s1. The minimum atomic E-state index is -0.386. The van der Waals surface area contributed by atoms with Crippen LogP contribution < -0.4 is 10.1 Å². The topological polar surface area (TPSA) is 77.0 Å². The highest BCUT2D eigenvalue weighted by Gasteiger charge is 2.60. The third kappa shape index (κ3) is 4.07. The Balaban J connectivity index is 1.53. The maximum Gasteiger partial charge on any atom is 0.228 e. The summed E-state index contributed by atoms with van der Waals surface area (Å²) in [5.74, 6) is 1.08. The Kier molecular flexibility index (Phi) is 5.20. The van der Waals surface area contributed by atoms with Gasteiger partial charge in [-0.05, 0) is 38.0 Å². The number of aryl methyl sites for hydroxylation is 2. The lowest BCUT2D eigenvalue weighted by Gasteiger charge is -2.19. The zero-order valence-electron chi connectivity index (χ0n) is 16.2. The molecule has 7 heteroatoms. The second-order valence-corrected chi connectivity index (χ2v) is 7.68. The van der Waals surface area contributed by atoms with Gasteiger partial charge in [0.1, 0.15) is 11.0 Å². The van der Waals surface area contributed by atoms with Crippen LogP contribution in [0.4, 0.5) is 5.69 Å². The van der Waals surface area contributed by atoms with E-state index in [9.17, 15) is 4.79 Å². The van der Waals surface area contributed by atoms with Crippen molar-refractivity contribution >= 4 is 23.2 Å². The molecule has 0 unspecified atom stereocenters. The van der Waals surface area contributed by atoms with E-state index >= 15 is 0 Å². The molecule has 1 aliphatic rings. The summed E-state index contributed by atoms with van der Waals surface area (Å²) in [6, 6.07) is 13.4. The van der Waals surface area contributed by atoms with Crippen molar-refractivity contribution in [3.05, 3.63) is 77.1 Å². The van der Waals surface area contributed by atoms with Crippen LogP contribution in [0.2, 0.25) is 5.15 Å². The van der Waals surface area contributed by atoms with Gasteiger partial charge in [-0.1, -0.05) is 41.9 Å². The zero-order valence-corrected chi connectivity index (χ0v) is 17.0. The van der Waals surface area contributed by atoms with Gasteiger partial charge in [-0.3, -0.25) is 4.79 Å². The summed E-state index contributed by atoms with van der Waals surface area (Å²) in [7, 11) is 0. The molecule has 6 nitrogen and oxygen atoms in total. The molecule has 0 bridgehead atoms. The molecule has 0 spiro atoms. The molecule has 2 heterocycles. The first-order chi connectivity index (χ1) is 14.0. The second-order valence-electron chi connectivity index (χ2n) is 7.29. The molecule has 1 saturated carbocycles. The number of carbonyl (C=O) groups is 1. The summed E-state index contributed by atoms with van der Waals surface area (Å²) in [6.45, 7) is 4.11. The maximum atomic E-state index is 12.9. The van der Waals surface area contributed by atoms with Crippen molar-refractivity contribution < 1.29 is 9.53 Å². The Morgan fingerprint density at radius 1 is 1.17 bits per heavy atom. The fourth-order valence-corrected chi connectivity index (χ4v) is 3.69. The lowest BCUT2D eigenvalue weighted by molar-refractivity contribution is -0.117. The molecule has 3 aromatic rings. The van der Waals surface area contributed by atoms with Crippen LogP contribution in [-0.4, -0.2) is 27.5 Å². The van der Waals surface area contributed by atoms with Gasteiger partial charge in [0, 0.05) is 5.41 Å². The van der Waals surface area contributed by atoms with Gasteiger partial charge in [0.15, 0.2) is 5.75 Å². The summed E-state index contributed by atoms with van der Waals surface area (Å²) in [4.78, 5) is 25.5. The summed E-state index contributed by atoms with van der Waals surface area (Å²) in [6.07, 6.45) is 3.94. The SMILES string of the molecule is Cc1ncc(OC[C@@]2(c3ccccc3)C[C@H]2C(=O)Nc2ccc(Cl)nc2)c(C)n1.